The minimum atomic E-state index is -0.948. The molecule has 1 amide bonds. The number of para-hydroxylation sites is 2. The number of anilines is 4. The molecule has 6 aliphatic heterocycles. The van der Waals surface area contributed by atoms with Crippen LogP contribution in [-0.2, 0) is 23.7 Å². The van der Waals surface area contributed by atoms with Crippen molar-refractivity contribution in [3.8, 4) is 0 Å². The number of likely N-dealkylation sites (tertiary alicyclic amines) is 2. The molecule has 0 spiro atoms. The first kappa shape index (κ1) is 58.1. The Kier molecular flexibility index (Phi) is 20.1. The number of piperidine rings is 2. The van der Waals surface area contributed by atoms with Gasteiger partial charge in [-0.15, -0.1) is 0 Å². The number of benzene rings is 4. The number of hydrogen-bond donors (Lipinski definition) is 0. The summed E-state index contributed by atoms with van der Waals surface area (Å²) in [5.74, 6) is -0.133. The monoisotopic (exact) mass is 1100 g/mol. The van der Waals surface area contributed by atoms with Gasteiger partial charge < -0.3 is 43.4 Å². The van der Waals surface area contributed by atoms with Crippen LogP contribution in [0.1, 0.15) is 154 Å². The first-order chi connectivity index (χ1) is 38.9. The molecule has 10 rings (SSSR count). The lowest BCUT2D eigenvalue weighted by Gasteiger charge is -2.42. The summed E-state index contributed by atoms with van der Waals surface area (Å²) < 4.78 is 47.8. The van der Waals surface area contributed by atoms with Crippen molar-refractivity contribution in [3.63, 3.8) is 0 Å². The molecule has 0 aliphatic carbocycles. The van der Waals surface area contributed by atoms with Gasteiger partial charge in [0.05, 0.1) is 29.4 Å². The summed E-state index contributed by atoms with van der Waals surface area (Å²) in [7, 11) is 0. The lowest BCUT2D eigenvalue weighted by atomic mass is 9.89. The molecule has 2 saturated heterocycles. The van der Waals surface area contributed by atoms with E-state index in [0.717, 1.165) is 140 Å². The zero-order valence-electron chi connectivity index (χ0n) is 47.0. The number of fused-ring (bicyclic) bond motifs is 6. The van der Waals surface area contributed by atoms with Crippen LogP contribution in [0, 0.1) is 11.6 Å². The molecule has 4 aromatic rings. The normalized spacial score (nSPS) is 20.1. The zero-order valence-corrected chi connectivity index (χ0v) is 47.0. The van der Waals surface area contributed by atoms with E-state index in [9.17, 15) is 32.8 Å². The Morgan fingerprint density at radius 2 is 1.10 bits per heavy atom. The number of carbonyl (C=O) groups is 5. The highest BCUT2D eigenvalue weighted by Crippen LogP contribution is 2.52. The van der Waals surface area contributed by atoms with Gasteiger partial charge in [-0.1, -0.05) is 70.2 Å². The molecule has 0 bridgehead atoms. The molecule has 2 fully saturated rings. The fourth-order valence-corrected chi connectivity index (χ4v) is 12.8. The number of halogens is 2. The molecule has 0 aromatic heterocycles. The van der Waals surface area contributed by atoms with E-state index in [4.69, 9.17) is 18.9 Å². The predicted molar refractivity (Wildman–Crippen MR) is 305 cm³/mol. The Labute approximate surface area is 470 Å². The van der Waals surface area contributed by atoms with Gasteiger partial charge in [0.1, 0.15) is 11.6 Å². The van der Waals surface area contributed by atoms with Crippen LogP contribution in [0.2, 0.25) is 0 Å². The summed E-state index contributed by atoms with van der Waals surface area (Å²) in [6.45, 7) is 14.9. The Morgan fingerprint density at radius 3 is 1.68 bits per heavy atom. The molecule has 15 nitrogen and oxygen atoms in total. The van der Waals surface area contributed by atoms with Crippen molar-refractivity contribution in [3.05, 3.63) is 119 Å². The van der Waals surface area contributed by atoms with Gasteiger partial charge in [-0.25, -0.2) is 18.4 Å². The number of esters is 1. The van der Waals surface area contributed by atoms with Crippen LogP contribution >= 0.6 is 0 Å². The highest BCUT2D eigenvalue weighted by Gasteiger charge is 2.47. The summed E-state index contributed by atoms with van der Waals surface area (Å²) in [5, 5.41) is 0. The quantitative estimate of drug-likeness (QED) is 0.0301. The Morgan fingerprint density at radius 1 is 0.562 bits per heavy atom. The van der Waals surface area contributed by atoms with E-state index in [2.05, 4.69) is 62.6 Å². The summed E-state index contributed by atoms with van der Waals surface area (Å²) in [6, 6.07) is 25.0. The molecule has 80 heavy (non-hydrogen) atoms. The van der Waals surface area contributed by atoms with E-state index in [1.54, 1.807) is 36.1 Å². The Bertz CT molecular complexity index is 2770. The van der Waals surface area contributed by atoms with Gasteiger partial charge in [0.2, 0.25) is 6.29 Å². The number of rotatable bonds is 23. The number of amides is 1. The van der Waals surface area contributed by atoms with Crippen molar-refractivity contribution in [2.75, 3.05) is 98.4 Å². The molecule has 430 valence electrons. The maximum atomic E-state index is 13.2. The van der Waals surface area contributed by atoms with E-state index in [1.165, 1.54) is 47.5 Å². The minimum absolute atomic E-state index is 0.0428. The molecule has 5 atom stereocenters. The van der Waals surface area contributed by atoms with Crippen LogP contribution in [0.4, 0.5) is 41.1 Å². The molecule has 0 N–H and O–H groups in total. The van der Waals surface area contributed by atoms with Gasteiger partial charge in [0.25, 0.3) is 0 Å². The summed E-state index contributed by atoms with van der Waals surface area (Å²) in [4.78, 5) is 76.1. The maximum absolute atomic E-state index is 13.2. The molecule has 1 unspecified atom stereocenters. The second kappa shape index (κ2) is 27.7. The number of Topliss-reactive ketones (excluding diaryl/α,β-unsaturated/α-hetero) is 2. The van der Waals surface area contributed by atoms with Crippen molar-refractivity contribution in [1.82, 2.24) is 9.80 Å². The molecular formula is C63H80F2N6O9. The van der Waals surface area contributed by atoms with Crippen molar-refractivity contribution < 1.29 is 51.7 Å². The second-order valence-electron chi connectivity index (χ2n) is 22.2. The maximum Gasteiger partial charge on any atom is 0.510 e. The molecule has 4 aromatic carbocycles. The van der Waals surface area contributed by atoms with Crippen LogP contribution in [0.3, 0.4) is 0 Å². The molecule has 17 heteroatoms. The third-order valence-electron chi connectivity index (χ3n) is 16.8. The smallest absolute Gasteiger partial charge is 0.434 e. The van der Waals surface area contributed by atoms with Crippen molar-refractivity contribution in [2.24, 2.45) is 0 Å². The van der Waals surface area contributed by atoms with Crippen molar-refractivity contribution >= 4 is 52.5 Å². The predicted octanol–water partition coefficient (Wildman–Crippen LogP) is 11.9. The minimum Gasteiger partial charge on any atom is -0.434 e. The lowest BCUT2D eigenvalue weighted by Crippen LogP contribution is -2.51. The number of nitrogens with zero attached hydrogens (tertiary/aromatic N) is 6. The van der Waals surface area contributed by atoms with E-state index in [0.29, 0.717) is 67.5 Å². The van der Waals surface area contributed by atoms with Gasteiger partial charge in [0.15, 0.2) is 18.3 Å². The van der Waals surface area contributed by atoms with Crippen LogP contribution in [0.5, 0.6) is 0 Å². The van der Waals surface area contributed by atoms with E-state index in [1.807, 2.05) is 12.1 Å². The van der Waals surface area contributed by atoms with E-state index >= 15 is 0 Å². The summed E-state index contributed by atoms with van der Waals surface area (Å²) in [5.41, 5.74) is 8.09. The first-order valence-electron chi connectivity index (χ1n) is 29.4. The highest BCUT2D eigenvalue weighted by atomic mass is 19.1. The SMILES string of the molecule is CCCCCCCC(=O)OC(C)OC(=O)N1CCN2c3c(cccc31)[C@@H]1CN(CCCC(=O)c3ccc(F)cc3)CC[C@@H]12.CCCCOC(=O)OCN1CCN2c3c(cccc31)[C@@H]1CN(CCCC(=O)c3ccc(F)cc3)CC[C@@H]12. The summed E-state index contributed by atoms with van der Waals surface area (Å²) in [6.07, 6.45) is 9.86. The molecule has 6 aliphatic rings. The van der Waals surface area contributed by atoms with Crippen LogP contribution in [0.25, 0.3) is 0 Å². The van der Waals surface area contributed by atoms with Gasteiger partial charge in [-0.3, -0.25) is 19.3 Å². The topological polar surface area (TPSA) is 142 Å². The first-order valence-corrected chi connectivity index (χ1v) is 29.4. The fraction of sp³-hybridized carbons (Fsp3) is 0.540. The number of unbranched alkanes of at least 4 members (excludes halogenated alkanes) is 5. The van der Waals surface area contributed by atoms with Crippen LogP contribution < -0.4 is 19.6 Å². The average Bonchev–Trinajstić information content (AvgIpc) is 3.43. The Balaban J connectivity index is 0.000000196. The molecule has 6 heterocycles. The third-order valence-corrected chi connectivity index (χ3v) is 16.8. The zero-order chi connectivity index (χ0) is 56.1. The van der Waals surface area contributed by atoms with Gasteiger partial charge in [0, 0.05) is 114 Å². The largest absolute Gasteiger partial charge is 0.510 e. The summed E-state index contributed by atoms with van der Waals surface area (Å²) >= 11 is 0. The van der Waals surface area contributed by atoms with E-state index < -0.39 is 18.5 Å². The van der Waals surface area contributed by atoms with E-state index in [-0.39, 0.29) is 35.9 Å². The number of hydrogen-bond acceptors (Lipinski definition) is 14. The van der Waals surface area contributed by atoms with Crippen molar-refractivity contribution in [1.29, 1.82) is 0 Å². The number of ketones is 2. The average molecular weight is 1100 g/mol. The van der Waals surface area contributed by atoms with Gasteiger partial charge in [-0.05, 0) is 123 Å². The Hall–Kier alpha value is -6.59. The van der Waals surface area contributed by atoms with Gasteiger partial charge >= 0.3 is 18.2 Å². The third kappa shape index (κ3) is 14.1. The molecule has 0 saturated carbocycles. The van der Waals surface area contributed by atoms with Crippen LogP contribution in [0.15, 0.2) is 84.9 Å². The van der Waals surface area contributed by atoms with Crippen LogP contribution in [-0.4, -0.2) is 137 Å². The molecule has 0 radical (unpaired) electrons. The van der Waals surface area contributed by atoms with Gasteiger partial charge in [-0.2, -0.15) is 0 Å². The fourth-order valence-electron chi connectivity index (χ4n) is 12.8. The lowest BCUT2D eigenvalue weighted by molar-refractivity contribution is -0.164. The molecular weight excluding hydrogens is 1020 g/mol. The number of carbonyl (C=O) groups excluding carboxylic acids is 5. The highest BCUT2D eigenvalue weighted by molar-refractivity contribution is 5.97. The standard InChI is InChI=1S/C34H44FN3O5.C29H36FN3O4/c1-3-4-5-6-7-13-32(40)42-24(2)43-34(41)38-22-21-37-29-18-20-36(23-28(29)27-10-8-11-30(38)33(27)37)19-9-12-31(39)25-14-16-26(35)17-15-25;1-2-3-18-36-29(35)37-20-32-16-17-33-25-13-15-31(19-24(25)23-6-4-7-26(32)28(23)33)14-5-8-27(34)21-9-11-22(30)12-10-21/h8,10-11,14-17,24,28-29H,3-7,9,12-13,18-23H2,1-2H3;4,6-7,9-12,24-25H,2-3,5,8,13-20H2,1H3/t24?,28-,29-;24-,25-/m00/s1. The van der Waals surface area contributed by atoms with Crippen molar-refractivity contribution in [2.45, 2.75) is 141 Å². The second-order valence-corrected chi connectivity index (χ2v) is 22.2. The number of ether oxygens (including phenoxy) is 4.